The van der Waals surface area contributed by atoms with Gasteiger partial charge in [0.1, 0.15) is 11.8 Å². The topological polar surface area (TPSA) is 51.2 Å². The Hall–Kier alpha value is -1.10. The van der Waals surface area contributed by atoms with Crippen molar-refractivity contribution in [3.63, 3.8) is 0 Å². The van der Waals surface area contributed by atoms with E-state index in [4.69, 9.17) is 10.3 Å². The van der Waals surface area contributed by atoms with Crippen LogP contribution in [0.3, 0.4) is 0 Å². The maximum absolute atomic E-state index is 5.61. The van der Waals surface area contributed by atoms with Crippen molar-refractivity contribution < 1.29 is 4.42 Å². The third-order valence-electron chi connectivity index (χ3n) is 3.04. The van der Waals surface area contributed by atoms with Crippen molar-refractivity contribution in [2.45, 2.75) is 25.3 Å². The molecule has 0 amide bonds. The number of hydrazine groups is 1. The highest BCUT2D eigenvalue weighted by molar-refractivity contribution is 7.12. The minimum absolute atomic E-state index is 0.00870. The van der Waals surface area contributed by atoms with Gasteiger partial charge in [0, 0.05) is 9.75 Å². The summed E-state index contributed by atoms with van der Waals surface area (Å²) in [6, 6.07) is 6.10. The lowest BCUT2D eigenvalue weighted by atomic mass is 10.1. The lowest BCUT2D eigenvalue weighted by Crippen LogP contribution is -2.27. The summed E-state index contributed by atoms with van der Waals surface area (Å²) >= 11 is 1.85. The Morgan fingerprint density at radius 3 is 3.06 bits per heavy atom. The van der Waals surface area contributed by atoms with Gasteiger partial charge in [-0.15, -0.1) is 11.3 Å². The minimum Gasteiger partial charge on any atom is -0.467 e. The van der Waals surface area contributed by atoms with E-state index < -0.39 is 0 Å². The van der Waals surface area contributed by atoms with Crippen molar-refractivity contribution in [1.82, 2.24) is 5.43 Å². The highest BCUT2D eigenvalue weighted by Gasteiger charge is 2.22. The molecule has 0 radical (unpaired) electrons. The van der Waals surface area contributed by atoms with Crippen LogP contribution in [0.1, 0.15) is 33.5 Å². The molecule has 84 valence electrons. The Labute approximate surface area is 98.2 Å². The minimum atomic E-state index is -0.00870. The summed E-state index contributed by atoms with van der Waals surface area (Å²) in [6.07, 6.45) is 5.40. The average molecular weight is 234 g/mol. The second-order valence-electron chi connectivity index (χ2n) is 4.07. The molecule has 3 N–H and O–H groups in total. The summed E-state index contributed by atoms with van der Waals surface area (Å²) in [7, 11) is 0. The van der Waals surface area contributed by atoms with Crippen LogP contribution in [0.15, 0.2) is 28.9 Å². The molecule has 0 saturated carbocycles. The number of aryl methyl sites for hydroxylation is 2. The van der Waals surface area contributed by atoms with Gasteiger partial charge in [-0.05, 0) is 43.0 Å². The molecule has 1 atom stereocenters. The molecule has 3 rings (SSSR count). The van der Waals surface area contributed by atoms with Crippen molar-refractivity contribution in [3.8, 4) is 0 Å². The first kappa shape index (κ1) is 10.1. The van der Waals surface area contributed by atoms with Crippen molar-refractivity contribution >= 4 is 11.3 Å². The lowest BCUT2D eigenvalue weighted by molar-refractivity contribution is 0.455. The number of hydrogen-bond acceptors (Lipinski definition) is 4. The zero-order chi connectivity index (χ0) is 11.0. The molecule has 0 bridgehead atoms. The molecule has 4 heteroatoms. The zero-order valence-electron chi connectivity index (χ0n) is 8.90. The maximum Gasteiger partial charge on any atom is 0.127 e. The number of hydrogen-bond donors (Lipinski definition) is 2. The van der Waals surface area contributed by atoms with Gasteiger partial charge in [-0.25, -0.2) is 5.43 Å². The van der Waals surface area contributed by atoms with Crippen LogP contribution >= 0.6 is 11.3 Å². The summed E-state index contributed by atoms with van der Waals surface area (Å²) in [5, 5.41) is 0. The molecular weight excluding hydrogens is 220 g/mol. The van der Waals surface area contributed by atoms with Crippen LogP contribution < -0.4 is 11.3 Å². The number of furan rings is 1. The van der Waals surface area contributed by atoms with Gasteiger partial charge in [-0.2, -0.15) is 0 Å². The number of rotatable bonds is 3. The van der Waals surface area contributed by atoms with E-state index >= 15 is 0 Å². The highest BCUT2D eigenvalue weighted by Crippen LogP contribution is 2.35. The molecule has 0 aliphatic heterocycles. The molecule has 2 heterocycles. The monoisotopic (exact) mass is 234 g/mol. The van der Waals surface area contributed by atoms with Gasteiger partial charge in [-0.3, -0.25) is 5.84 Å². The van der Waals surface area contributed by atoms with Crippen molar-refractivity contribution in [2.24, 2.45) is 5.84 Å². The number of nitrogens with two attached hydrogens (primary N) is 1. The molecule has 2 aromatic heterocycles. The largest absolute Gasteiger partial charge is 0.467 e. The third-order valence-corrected chi connectivity index (χ3v) is 4.35. The summed E-state index contributed by atoms with van der Waals surface area (Å²) in [5.41, 5.74) is 4.32. The van der Waals surface area contributed by atoms with Crippen LogP contribution in [0.5, 0.6) is 0 Å². The van der Waals surface area contributed by atoms with Crippen molar-refractivity contribution in [1.29, 1.82) is 0 Å². The quantitative estimate of drug-likeness (QED) is 0.633. The van der Waals surface area contributed by atoms with Crippen molar-refractivity contribution in [3.05, 3.63) is 45.5 Å². The molecule has 1 unspecified atom stereocenters. The fraction of sp³-hybridized carbons (Fsp3) is 0.333. The van der Waals surface area contributed by atoms with Gasteiger partial charge in [0.15, 0.2) is 0 Å². The van der Waals surface area contributed by atoms with E-state index in [2.05, 4.69) is 11.5 Å². The first-order chi connectivity index (χ1) is 7.88. The Kier molecular flexibility index (Phi) is 2.55. The Morgan fingerprint density at radius 1 is 1.44 bits per heavy atom. The van der Waals surface area contributed by atoms with Gasteiger partial charge in [0.2, 0.25) is 0 Å². The van der Waals surface area contributed by atoms with Crippen LogP contribution in [0.4, 0.5) is 0 Å². The first-order valence-corrected chi connectivity index (χ1v) is 6.31. The van der Waals surface area contributed by atoms with Gasteiger partial charge in [0.25, 0.3) is 0 Å². The lowest BCUT2D eigenvalue weighted by Gasteiger charge is -2.10. The standard InChI is InChI=1S/C12H14N2OS/c13-14-12(9-4-2-6-15-9)11-7-8-3-1-5-10(8)16-11/h2,4,6-7,12,14H,1,3,5,13H2. The average Bonchev–Trinajstić information content (AvgIpc) is 2.91. The van der Waals surface area contributed by atoms with E-state index in [1.807, 2.05) is 23.5 Å². The van der Waals surface area contributed by atoms with E-state index in [0.717, 1.165) is 5.76 Å². The summed E-state index contributed by atoms with van der Waals surface area (Å²) in [6.45, 7) is 0. The summed E-state index contributed by atoms with van der Waals surface area (Å²) < 4.78 is 5.41. The first-order valence-electron chi connectivity index (χ1n) is 5.49. The second-order valence-corrected chi connectivity index (χ2v) is 5.23. The van der Waals surface area contributed by atoms with E-state index in [9.17, 15) is 0 Å². The second kappa shape index (κ2) is 4.05. The van der Waals surface area contributed by atoms with Gasteiger partial charge in [0.05, 0.1) is 6.26 Å². The molecule has 16 heavy (non-hydrogen) atoms. The Morgan fingerprint density at radius 2 is 2.38 bits per heavy atom. The molecule has 2 aromatic rings. The molecule has 0 spiro atoms. The van der Waals surface area contributed by atoms with Crippen LogP contribution in [-0.4, -0.2) is 0 Å². The predicted molar refractivity (Wildman–Crippen MR) is 64.2 cm³/mol. The highest BCUT2D eigenvalue weighted by atomic mass is 32.1. The van der Waals surface area contributed by atoms with E-state index in [0.29, 0.717) is 0 Å². The van der Waals surface area contributed by atoms with Gasteiger partial charge >= 0.3 is 0 Å². The summed E-state index contributed by atoms with van der Waals surface area (Å²) in [4.78, 5) is 2.77. The number of thiophene rings is 1. The number of nitrogens with one attached hydrogen (secondary N) is 1. The summed E-state index contributed by atoms with van der Waals surface area (Å²) in [5.74, 6) is 6.49. The fourth-order valence-corrected chi connectivity index (χ4v) is 3.58. The van der Waals surface area contributed by atoms with Gasteiger partial charge in [-0.1, -0.05) is 0 Å². The molecule has 3 nitrogen and oxygen atoms in total. The molecule has 1 aliphatic rings. The molecular formula is C12H14N2OS. The smallest absolute Gasteiger partial charge is 0.127 e. The van der Waals surface area contributed by atoms with Crippen LogP contribution in [0.25, 0.3) is 0 Å². The number of fused-ring (bicyclic) bond motifs is 1. The van der Waals surface area contributed by atoms with Crippen LogP contribution in [0.2, 0.25) is 0 Å². The van der Waals surface area contributed by atoms with E-state index in [1.165, 1.54) is 34.6 Å². The van der Waals surface area contributed by atoms with E-state index in [1.54, 1.807) is 6.26 Å². The normalized spacial score (nSPS) is 16.3. The predicted octanol–water partition coefficient (Wildman–Crippen LogP) is 2.38. The fourth-order valence-electron chi connectivity index (χ4n) is 2.25. The molecule has 1 aliphatic carbocycles. The van der Waals surface area contributed by atoms with Crippen LogP contribution in [-0.2, 0) is 12.8 Å². The molecule has 0 aromatic carbocycles. The van der Waals surface area contributed by atoms with Crippen molar-refractivity contribution in [2.75, 3.05) is 0 Å². The van der Waals surface area contributed by atoms with E-state index in [-0.39, 0.29) is 6.04 Å². The Bertz CT molecular complexity index is 454. The molecule has 0 saturated heterocycles. The maximum atomic E-state index is 5.61. The van der Waals surface area contributed by atoms with Crippen LogP contribution in [0, 0.1) is 0 Å². The SMILES string of the molecule is NNC(c1ccco1)c1cc2c(s1)CCC2. The Balaban J connectivity index is 1.95. The van der Waals surface area contributed by atoms with Gasteiger partial charge < -0.3 is 4.42 Å². The third kappa shape index (κ3) is 1.59. The molecule has 0 fully saturated rings. The zero-order valence-corrected chi connectivity index (χ0v) is 9.72.